The number of nitrogens with zero attached hydrogens (tertiary/aromatic N) is 4. The molecule has 0 unspecified atom stereocenters. The van der Waals surface area contributed by atoms with E-state index in [0.29, 0.717) is 27.2 Å². The van der Waals surface area contributed by atoms with Crippen molar-refractivity contribution in [2.24, 2.45) is 7.05 Å². The lowest BCUT2D eigenvalue weighted by Gasteiger charge is -2.08. The van der Waals surface area contributed by atoms with Crippen LogP contribution in [0.3, 0.4) is 0 Å². The van der Waals surface area contributed by atoms with Gasteiger partial charge in [-0.05, 0) is 36.8 Å². The number of amides is 2. The molecular weight excluding hydrogens is 497 g/mol. The molecule has 0 radical (unpaired) electrons. The summed E-state index contributed by atoms with van der Waals surface area (Å²) in [5.74, 6) is -0.671. The minimum Gasteiger partial charge on any atom is -0.486 e. The van der Waals surface area contributed by atoms with Crippen LogP contribution in [0.15, 0.2) is 29.4 Å². The Hall–Kier alpha value is -3.45. The number of carbonyl (C=O) groups excluding carboxylic acids is 3. The molecule has 0 aliphatic heterocycles. The first-order chi connectivity index (χ1) is 16.6. The second-order valence-corrected chi connectivity index (χ2v) is 9.45. The van der Waals surface area contributed by atoms with Crippen LogP contribution in [-0.2, 0) is 23.2 Å². The molecule has 0 aliphatic carbocycles. The molecule has 0 aliphatic rings. The molecule has 13 heteroatoms. The molecule has 1 N–H and O–H groups in total. The van der Waals surface area contributed by atoms with Gasteiger partial charge in [-0.2, -0.15) is 0 Å². The first kappa shape index (κ1) is 26.2. The number of carbonyl (C=O) groups is 3. The Balaban J connectivity index is 1.65. The summed E-state index contributed by atoms with van der Waals surface area (Å²) >= 11 is 2.17. The van der Waals surface area contributed by atoms with Crippen LogP contribution in [0.1, 0.15) is 31.4 Å². The molecular formula is C22H24FN5O5S2. The SMILES string of the molecule is COC(=O)c1c(NC(=O)CSc2nnc(COc3ccc(F)cc3)n2C)sc(C(=O)N(C)C)c1C. The highest BCUT2D eigenvalue weighted by Crippen LogP contribution is 2.34. The van der Waals surface area contributed by atoms with E-state index in [1.165, 1.54) is 36.3 Å². The zero-order valence-corrected chi connectivity index (χ0v) is 21.4. The van der Waals surface area contributed by atoms with Crippen molar-refractivity contribution in [2.75, 3.05) is 32.3 Å². The Labute approximate surface area is 209 Å². The zero-order valence-electron chi connectivity index (χ0n) is 19.7. The Morgan fingerprint density at radius 2 is 1.89 bits per heavy atom. The maximum atomic E-state index is 13.0. The summed E-state index contributed by atoms with van der Waals surface area (Å²) in [6, 6.07) is 5.62. The van der Waals surface area contributed by atoms with Crippen molar-refractivity contribution in [3.05, 3.63) is 51.9 Å². The number of aromatic nitrogens is 3. The Morgan fingerprint density at radius 1 is 1.20 bits per heavy atom. The van der Waals surface area contributed by atoms with Crippen LogP contribution in [0, 0.1) is 12.7 Å². The van der Waals surface area contributed by atoms with E-state index in [-0.39, 0.29) is 34.6 Å². The summed E-state index contributed by atoms with van der Waals surface area (Å²) < 4.78 is 25.1. The monoisotopic (exact) mass is 521 g/mol. The summed E-state index contributed by atoms with van der Waals surface area (Å²) in [6.07, 6.45) is 0. The first-order valence-corrected chi connectivity index (χ1v) is 12.0. The number of hydrogen-bond acceptors (Lipinski definition) is 9. The molecule has 10 nitrogen and oxygen atoms in total. The molecule has 0 atom stereocenters. The van der Waals surface area contributed by atoms with E-state index in [9.17, 15) is 18.8 Å². The summed E-state index contributed by atoms with van der Waals surface area (Å²) in [6.45, 7) is 1.75. The lowest BCUT2D eigenvalue weighted by Crippen LogP contribution is -2.21. The third-order valence-electron chi connectivity index (χ3n) is 4.83. The van der Waals surface area contributed by atoms with Crippen LogP contribution in [0.25, 0.3) is 0 Å². The van der Waals surface area contributed by atoms with Gasteiger partial charge in [-0.25, -0.2) is 9.18 Å². The number of esters is 1. The Kier molecular flexibility index (Phi) is 8.46. The van der Waals surface area contributed by atoms with E-state index in [1.54, 1.807) is 32.6 Å². The highest BCUT2D eigenvalue weighted by molar-refractivity contribution is 7.99. The van der Waals surface area contributed by atoms with Crippen molar-refractivity contribution in [3.63, 3.8) is 0 Å². The highest BCUT2D eigenvalue weighted by Gasteiger charge is 2.27. The molecule has 3 aromatic rings. The van der Waals surface area contributed by atoms with Crippen LogP contribution >= 0.6 is 23.1 Å². The standard InChI is InChI=1S/C22H24FN5O5S2/c1-12-17(21(31)32-5)19(35-18(12)20(30)27(2)3)24-16(29)11-34-22-26-25-15(28(22)4)10-33-14-8-6-13(23)7-9-14/h6-9H,10-11H2,1-5H3,(H,24,29). The minimum atomic E-state index is -0.640. The summed E-state index contributed by atoms with van der Waals surface area (Å²) in [7, 11) is 6.18. The number of hydrogen-bond donors (Lipinski definition) is 1. The van der Waals surface area contributed by atoms with Crippen molar-refractivity contribution in [1.82, 2.24) is 19.7 Å². The van der Waals surface area contributed by atoms with Gasteiger partial charge in [0.2, 0.25) is 5.91 Å². The quantitative estimate of drug-likeness (QED) is 0.337. The molecule has 2 aromatic heterocycles. The third kappa shape index (κ3) is 6.17. The molecule has 1 aromatic carbocycles. The second kappa shape index (κ2) is 11.3. The average molecular weight is 522 g/mol. The Morgan fingerprint density at radius 3 is 2.51 bits per heavy atom. The molecule has 186 valence electrons. The number of thioether (sulfide) groups is 1. The fourth-order valence-corrected chi connectivity index (χ4v) is 4.89. The van der Waals surface area contributed by atoms with Gasteiger partial charge in [0.1, 0.15) is 23.2 Å². The number of nitrogens with one attached hydrogen (secondary N) is 1. The highest BCUT2D eigenvalue weighted by atomic mass is 32.2. The first-order valence-electron chi connectivity index (χ1n) is 10.2. The maximum Gasteiger partial charge on any atom is 0.341 e. The van der Waals surface area contributed by atoms with Gasteiger partial charge in [-0.15, -0.1) is 21.5 Å². The second-order valence-electron chi connectivity index (χ2n) is 7.49. The van der Waals surface area contributed by atoms with Crippen LogP contribution < -0.4 is 10.1 Å². The van der Waals surface area contributed by atoms with Gasteiger partial charge in [0.15, 0.2) is 11.0 Å². The van der Waals surface area contributed by atoms with Gasteiger partial charge in [-0.3, -0.25) is 9.59 Å². The molecule has 2 amide bonds. The van der Waals surface area contributed by atoms with Gasteiger partial charge in [0.05, 0.1) is 23.3 Å². The molecule has 2 heterocycles. The lowest BCUT2D eigenvalue weighted by atomic mass is 10.1. The zero-order chi connectivity index (χ0) is 25.7. The van der Waals surface area contributed by atoms with Crippen molar-refractivity contribution in [2.45, 2.75) is 18.7 Å². The molecule has 0 saturated carbocycles. The number of ether oxygens (including phenoxy) is 2. The molecule has 0 fully saturated rings. The average Bonchev–Trinajstić information content (AvgIpc) is 3.34. The summed E-state index contributed by atoms with van der Waals surface area (Å²) in [5.41, 5.74) is 0.600. The van der Waals surface area contributed by atoms with E-state index in [4.69, 9.17) is 9.47 Å². The predicted octanol–water partition coefficient (Wildman–Crippen LogP) is 3.12. The number of halogens is 1. The van der Waals surface area contributed by atoms with Gasteiger partial charge >= 0.3 is 5.97 Å². The number of anilines is 1. The van der Waals surface area contributed by atoms with E-state index < -0.39 is 11.9 Å². The fourth-order valence-electron chi connectivity index (χ4n) is 2.92. The van der Waals surface area contributed by atoms with Gasteiger partial charge in [0, 0.05) is 21.1 Å². The van der Waals surface area contributed by atoms with Crippen molar-refractivity contribution >= 4 is 45.9 Å². The largest absolute Gasteiger partial charge is 0.486 e. The third-order valence-corrected chi connectivity index (χ3v) is 7.04. The number of thiophene rings is 1. The lowest BCUT2D eigenvalue weighted by molar-refractivity contribution is -0.113. The van der Waals surface area contributed by atoms with Crippen LogP contribution in [0.4, 0.5) is 9.39 Å². The van der Waals surface area contributed by atoms with Gasteiger partial charge in [0.25, 0.3) is 5.91 Å². The predicted molar refractivity (Wildman–Crippen MR) is 130 cm³/mol. The maximum absolute atomic E-state index is 13.0. The molecule has 3 rings (SSSR count). The van der Waals surface area contributed by atoms with E-state index in [2.05, 4.69) is 15.5 Å². The van der Waals surface area contributed by atoms with Gasteiger partial charge < -0.3 is 24.3 Å². The fraction of sp³-hybridized carbons (Fsp3) is 0.318. The van der Waals surface area contributed by atoms with Gasteiger partial charge in [-0.1, -0.05) is 11.8 Å². The van der Waals surface area contributed by atoms with E-state index in [1.807, 2.05) is 0 Å². The normalized spacial score (nSPS) is 10.7. The van der Waals surface area contributed by atoms with E-state index >= 15 is 0 Å². The topological polar surface area (TPSA) is 116 Å². The molecule has 0 bridgehead atoms. The Bertz CT molecular complexity index is 1240. The molecule has 0 saturated heterocycles. The van der Waals surface area contributed by atoms with Crippen LogP contribution in [0.2, 0.25) is 0 Å². The number of benzene rings is 1. The van der Waals surface area contributed by atoms with Crippen molar-refractivity contribution < 1.29 is 28.2 Å². The minimum absolute atomic E-state index is 0.0146. The van der Waals surface area contributed by atoms with E-state index in [0.717, 1.165) is 23.1 Å². The van der Waals surface area contributed by atoms with Crippen molar-refractivity contribution in [3.8, 4) is 5.75 Å². The van der Waals surface area contributed by atoms with Crippen LogP contribution in [-0.4, -0.2) is 64.4 Å². The number of methoxy groups -OCH3 is 1. The summed E-state index contributed by atoms with van der Waals surface area (Å²) in [4.78, 5) is 39.1. The summed E-state index contributed by atoms with van der Waals surface area (Å²) in [5, 5.41) is 11.6. The molecule has 0 spiro atoms. The number of rotatable bonds is 9. The van der Waals surface area contributed by atoms with Crippen molar-refractivity contribution in [1.29, 1.82) is 0 Å². The van der Waals surface area contributed by atoms with Crippen LogP contribution in [0.5, 0.6) is 5.75 Å². The molecule has 35 heavy (non-hydrogen) atoms. The smallest absolute Gasteiger partial charge is 0.341 e.